The van der Waals surface area contributed by atoms with Gasteiger partial charge in [0.2, 0.25) is 11.8 Å². The summed E-state index contributed by atoms with van der Waals surface area (Å²) in [4.78, 5) is 26.1. The molecule has 0 atom stereocenters. The van der Waals surface area contributed by atoms with Crippen LogP contribution in [-0.4, -0.2) is 29.3 Å². The number of anilines is 1. The SMILES string of the molecule is NC(=O)c1ccc(NC(=O)CN(Cc2ccccc2)C2CCCCC2)cc1. The second-order valence-electron chi connectivity index (χ2n) is 7.17. The van der Waals surface area contributed by atoms with E-state index in [1.807, 2.05) is 18.2 Å². The summed E-state index contributed by atoms with van der Waals surface area (Å²) in [6, 6.07) is 17.4. The molecule has 2 aromatic carbocycles. The highest BCUT2D eigenvalue weighted by atomic mass is 16.2. The number of hydrogen-bond donors (Lipinski definition) is 2. The van der Waals surface area contributed by atoms with Crippen LogP contribution in [0.2, 0.25) is 0 Å². The fourth-order valence-corrected chi connectivity index (χ4v) is 3.68. The number of carbonyl (C=O) groups excluding carboxylic acids is 2. The molecule has 5 nitrogen and oxygen atoms in total. The van der Waals surface area contributed by atoms with Gasteiger partial charge in [-0.15, -0.1) is 0 Å². The molecule has 1 fully saturated rings. The van der Waals surface area contributed by atoms with E-state index in [1.54, 1.807) is 24.3 Å². The lowest BCUT2D eigenvalue weighted by molar-refractivity contribution is -0.118. The summed E-state index contributed by atoms with van der Waals surface area (Å²) in [5.41, 5.74) is 7.58. The van der Waals surface area contributed by atoms with E-state index in [9.17, 15) is 9.59 Å². The Labute approximate surface area is 160 Å². The first kappa shape index (κ1) is 19.1. The van der Waals surface area contributed by atoms with Gasteiger partial charge in [0.05, 0.1) is 6.54 Å². The van der Waals surface area contributed by atoms with E-state index >= 15 is 0 Å². The molecule has 0 unspecified atom stereocenters. The van der Waals surface area contributed by atoms with Gasteiger partial charge in [-0.1, -0.05) is 49.6 Å². The van der Waals surface area contributed by atoms with Gasteiger partial charge < -0.3 is 11.1 Å². The van der Waals surface area contributed by atoms with Crippen molar-refractivity contribution in [2.75, 3.05) is 11.9 Å². The lowest BCUT2D eigenvalue weighted by Crippen LogP contribution is -2.41. The molecule has 0 bridgehead atoms. The molecule has 3 N–H and O–H groups in total. The minimum absolute atomic E-state index is 0.0386. The van der Waals surface area contributed by atoms with Gasteiger partial charge in [0.15, 0.2) is 0 Å². The van der Waals surface area contributed by atoms with Crippen molar-refractivity contribution >= 4 is 17.5 Å². The minimum Gasteiger partial charge on any atom is -0.366 e. The Kier molecular flexibility index (Phi) is 6.60. The lowest BCUT2D eigenvalue weighted by atomic mass is 9.93. The Morgan fingerprint density at radius 2 is 1.63 bits per heavy atom. The zero-order valence-corrected chi connectivity index (χ0v) is 15.6. The zero-order valence-electron chi connectivity index (χ0n) is 15.6. The zero-order chi connectivity index (χ0) is 19.1. The highest BCUT2D eigenvalue weighted by Gasteiger charge is 2.23. The number of benzene rings is 2. The van der Waals surface area contributed by atoms with E-state index in [1.165, 1.54) is 24.8 Å². The fraction of sp³-hybridized carbons (Fsp3) is 0.364. The van der Waals surface area contributed by atoms with Crippen molar-refractivity contribution in [2.45, 2.75) is 44.7 Å². The van der Waals surface area contributed by atoms with Gasteiger partial charge >= 0.3 is 0 Å². The Morgan fingerprint density at radius 3 is 2.26 bits per heavy atom. The molecule has 2 aromatic rings. The van der Waals surface area contributed by atoms with E-state index in [4.69, 9.17) is 5.73 Å². The first-order chi connectivity index (χ1) is 13.1. The van der Waals surface area contributed by atoms with Crippen LogP contribution >= 0.6 is 0 Å². The lowest BCUT2D eigenvalue weighted by Gasteiger charge is -2.34. The number of primary amides is 1. The highest BCUT2D eigenvalue weighted by Crippen LogP contribution is 2.24. The van der Waals surface area contributed by atoms with Crippen molar-refractivity contribution in [2.24, 2.45) is 5.73 Å². The number of hydrogen-bond acceptors (Lipinski definition) is 3. The first-order valence-corrected chi connectivity index (χ1v) is 9.59. The molecule has 0 aromatic heterocycles. The van der Waals surface area contributed by atoms with Crippen LogP contribution in [0.25, 0.3) is 0 Å². The molecule has 1 aliphatic carbocycles. The Balaban J connectivity index is 1.64. The van der Waals surface area contributed by atoms with Crippen LogP contribution in [0.15, 0.2) is 54.6 Å². The molecule has 0 spiro atoms. The molecular weight excluding hydrogens is 338 g/mol. The van der Waals surface area contributed by atoms with E-state index in [-0.39, 0.29) is 5.91 Å². The largest absolute Gasteiger partial charge is 0.366 e. The van der Waals surface area contributed by atoms with E-state index < -0.39 is 5.91 Å². The number of carbonyl (C=O) groups is 2. The molecule has 2 amide bonds. The van der Waals surface area contributed by atoms with Crippen LogP contribution in [0.1, 0.15) is 48.0 Å². The first-order valence-electron chi connectivity index (χ1n) is 9.59. The van der Waals surface area contributed by atoms with E-state index in [0.29, 0.717) is 23.8 Å². The van der Waals surface area contributed by atoms with Crippen LogP contribution < -0.4 is 11.1 Å². The summed E-state index contributed by atoms with van der Waals surface area (Å²) in [6.07, 6.45) is 6.03. The van der Waals surface area contributed by atoms with Crippen molar-refractivity contribution in [1.82, 2.24) is 4.90 Å². The van der Waals surface area contributed by atoms with Gasteiger partial charge in [0.25, 0.3) is 0 Å². The van der Waals surface area contributed by atoms with Crippen molar-refractivity contribution < 1.29 is 9.59 Å². The third-order valence-corrected chi connectivity index (χ3v) is 5.12. The summed E-state index contributed by atoms with van der Waals surface area (Å²) in [5, 5.41) is 2.93. The summed E-state index contributed by atoms with van der Waals surface area (Å²) in [6.45, 7) is 1.14. The normalized spacial score (nSPS) is 14.9. The second-order valence-corrected chi connectivity index (χ2v) is 7.17. The molecule has 0 aliphatic heterocycles. The monoisotopic (exact) mass is 365 g/mol. The molecular formula is C22H27N3O2. The molecule has 1 saturated carbocycles. The summed E-state index contributed by atoms with van der Waals surface area (Å²) >= 11 is 0. The van der Waals surface area contributed by atoms with Gasteiger partial charge in [-0.05, 0) is 42.7 Å². The number of rotatable bonds is 7. The predicted molar refractivity (Wildman–Crippen MR) is 107 cm³/mol. The summed E-state index contributed by atoms with van der Waals surface area (Å²) < 4.78 is 0. The van der Waals surface area contributed by atoms with E-state index in [0.717, 1.165) is 19.4 Å². The van der Waals surface area contributed by atoms with E-state index in [2.05, 4.69) is 22.3 Å². The maximum atomic E-state index is 12.6. The number of nitrogens with one attached hydrogen (secondary N) is 1. The molecule has 0 radical (unpaired) electrons. The molecule has 142 valence electrons. The Morgan fingerprint density at radius 1 is 0.963 bits per heavy atom. The number of nitrogens with zero attached hydrogens (tertiary/aromatic N) is 1. The quantitative estimate of drug-likeness (QED) is 0.788. The van der Waals surface area contributed by atoms with Gasteiger partial charge in [-0.25, -0.2) is 0 Å². The number of nitrogens with two attached hydrogens (primary N) is 1. The van der Waals surface area contributed by atoms with Gasteiger partial charge in [-0.3, -0.25) is 14.5 Å². The van der Waals surface area contributed by atoms with Crippen molar-refractivity contribution in [3.63, 3.8) is 0 Å². The average molecular weight is 365 g/mol. The van der Waals surface area contributed by atoms with Crippen molar-refractivity contribution in [1.29, 1.82) is 0 Å². The Bertz CT molecular complexity index is 753. The smallest absolute Gasteiger partial charge is 0.248 e. The molecule has 0 saturated heterocycles. The summed E-state index contributed by atoms with van der Waals surface area (Å²) in [5.74, 6) is -0.512. The van der Waals surface area contributed by atoms with Gasteiger partial charge in [-0.2, -0.15) is 0 Å². The van der Waals surface area contributed by atoms with Crippen LogP contribution in [0.4, 0.5) is 5.69 Å². The maximum absolute atomic E-state index is 12.6. The Hall–Kier alpha value is -2.66. The molecule has 5 heteroatoms. The molecule has 3 rings (SSSR count). The third kappa shape index (κ3) is 5.66. The number of amides is 2. The minimum atomic E-state index is -0.473. The van der Waals surface area contributed by atoms with Gasteiger partial charge in [0, 0.05) is 23.8 Å². The van der Waals surface area contributed by atoms with Crippen LogP contribution in [-0.2, 0) is 11.3 Å². The highest BCUT2D eigenvalue weighted by molar-refractivity contribution is 5.95. The molecule has 1 aliphatic rings. The maximum Gasteiger partial charge on any atom is 0.248 e. The van der Waals surface area contributed by atoms with Gasteiger partial charge in [0.1, 0.15) is 0 Å². The standard InChI is InChI=1S/C22H27N3O2/c23-22(27)18-11-13-19(14-12-18)24-21(26)16-25(20-9-5-2-6-10-20)15-17-7-3-1-4-8-17/h1,3-4,7-8,11-14,20H,2,5-6,9-10,15-16H2,(H2,23,27)(H,24,26). The summed E-state index contributed by atoms with van der Waals surface area (Å²) in [7, 11) is 0. The fourth-order valence-electron chi connectivity index (χ4n) is 3.68. The topological polar surface area (TPSA) is 75.4 Å². The van der Waals surface area contributed by atoms with Crippen molar-refractivity contribution in [3.05, 3.63) is 65.7 Å². The predicted octanol–water partition coefficient (Wildman–Crippen LogP) is 3.56. The molecule has 0 heterocycles. The molecule has 27 heavy (non-hydrogen) atoms. The average Bonchev–Trinajstić information content (AvgIpc) is 2.69. The van der Waals surface area contributed by atoms with Crippen molar-refractivity contribution in [3.8, 4) is 0 Å². The second kappa shape index (κ2) is 9.33. The van der Waals surface area contributed by atoms with Crippen LogP contribution in [0, 0.1) is 0 Å². The van der Waals surface area contributed by atoms with Crippen LogP contribution in [0.5, 0.6) is 0 Å². The third-order valence-electron chi connectivity index (χ3n) is 5.12. The van der Waals surface area contributed by atoms with Crippen LogP contribution in [0.3, 0.4) is 0 Å².